The number of likely N-dealkylation sites (tertiary alicyclic amines) is 1. The molecule has 1 amide bonds. The molecule has 0 radical (unpaired) electrons. The normalized spacial score (nSPS) is 15.0. The molecule has 1 saturated heterocycles. The fourth-order valence-electron chi connectivity index (χ4n) is 3.27. The third kappa shape index (κ3) is 4.44. The summed E-state index contributed by atoms with van der Waals surface area (Å²) < 4.78 is 6.92. The van der Waals surface area contributed by atoms with Gasteiger partial charge in [0.1, 0.15) is 11.3 Å². The summed E-state index contributed by atoms with van der Waals surface area (Å²) in [4.78, 5) is 26.6. The van der Waals surface area contributed by atoms with Crippen LogP contribution in [0.5, 0.6) is 5.75 Å². The van der Waals surface area contributed by atoms with E-state index in [9.17, 15) is 9.59 Å². The van der Waals surface area contributed by atoms with Crippen molar-refractivity contribution >= 4 is 23.6 Å². The van der Waals surface area contributed by atoms with Crippen molar-refractivity contribution in [1.29, 1.82) is 0 Å². The number of methoxy groups -OCH3 is 1. The second-order valence-electron chi connectivity index (χ2n) is 6.47. The van der Waals surface area contributed by atoms with Crippen LogP contribution in [0.3, 0.4) is 0 Å². The summed E-state index contributed by atoms with van der Waals surface area (Å²) in [6, 6.07) is 7.80. The van der Waals surface area contributed by atoms with Crippen LogP contribution in [0.2, 0.25) is 0 Å². The zero-order valence-electron chi connectivity index (χ0n) is 15.4. The van der Waals surface area contributed by atoms with Crippen LogP contribution in [0.25, 0.3) is 0 Å². The SMILES string of the molecule is COc1ccc(SCC(=O)N2CCC(n3ncc(C(=O)O)c3C)CC2)cc1. The Morgan fingerprint density at radius 1 is 1.26 bits per heavy atom. The van der Waals surface area contributed by atoms with E-state index >= 15 is 0 Å². The number of carbonyl (C=O) groups is 2. The summed E-state index contributed by atoms with van der Waals surface area (Å²) in [5, 5.41) is 13.4. The fourth-order valence-corrected chi connectivity index (χ4v) is 4.07. The molecular formula is C19H23N3O4S. The molecule has 0 bridgehead atoms. The molecule has 7 nitrogen and oxygen atoms in total. The Hall–Kier alpha value is -2.48. The topological polar surface area (TPSA) is 84.7 Å². The smallest absolute Gasteiger partial charge is 0.339 e. The van der Waals surface area contributed by atoms with Crippen LogP contribution in [-0.2, 0) is 4.79 Å². The van der Waals surface area contributed by atoms with Crippen molar-refractivity contribution in [2.24, 2.45) is 0 Å². The first-order chi connectivity index (χ1) is 13.0. The first kappa shape index (κ1) is 19.3. The first-order valence-corrected chi connectivity index (χ1v) is 9.80. The molecule has 0 atom stereocenters. The second-order valence-corrected chi connectivity index (χ2v) is 7.52. The van der Waals surface area contributed by atoms with E-state index in [1.807, 2.05) is 29.2 Å². The molecular weight excluding hydrogens is 366 g/mol. The van der Waals surface area contributed by atoms with Gasteiger partial charge in [0.25, 0.3) is 0 Å². The van der Waals surface area contributed by atoms with Gasteiger partial charge < -0.3 is 14.7 Å². The van der Waals surface area contributed by atoms with Crippen molar-refractivity contribution in [1.82, 2.24) is 14.7 Å². The number of carbonyl (C=O) groups excluding carboxylic acids is 1. The van der Waals surface area contributed by atoms with Crippen molar-refractivity contribution in [2.45, 2.75) is 30.7 Å². The highest BCUT2D eigenvalue weighted by molar-refractivity contribution is 8.00. The second kappa shape index (κ2) is 8.47. The van der Waals surface area contributed by atoms with Gasteiger partial charge in [-0.2, -0.15) is 5.10 Å². The zero-order chi connectivity index (χ0) is 19.4. The minimum atomic E-state index is -0.957. The third-order valence-electron chi connectivity index (χ3n) is 4.86. The largest absolute Gasteiger partial charge is 0.497 e. The van der Waals surface area contributed by atoms with Gasteiger partial charge in [0.05, 0.1) is 30.8 Å². The summed E-state index contributed by atoms with van der Waals surface area (Å²) in [6.07, 6.45) is 2.96. The monoisotopic (exact) mass is 389 g/mol. The predicted octanol–water partition coefficient (Wildman–Crippen LogP) is 2.85. The van der Waals surface area contributed by atoms with Crippen LogP contribution in [-0.4, -0.2) is 57.6 Å². The lowest BCUT2D eigenvalue weighted by atomic mass is 10.0. The van der Waals surface area contributed by atoms with Crippen molar-refractivity contribution in [3.05, 3.63) is 41.7 Å². The number of nitrogens with zero attached hydrogens (tertiary/aromatic N) is 3. The third-order valence-corrected chi connectivity index (χ3v) is 5.86. The molecule has 2 heterocycles. The number of piperidine rings is 1. The molecule has 0 spiro atoms. The molecule has 0 saturated carbocycles. The van der Waals surface area contributed by atoms with Gasteiger partial charge in [0.15, 0.2) is 0 Å². The van der Waals surface area contributed by atoms with Gasteiger partial charge in [0, 0.05) is 18.0 Å². The molecule has 0 unspecified atom stereocenters. The molecule has 1 aromatic heterocycles. The van der Waals surface area contributed by atoms with E-state index in [1.165, 1.54) is 18.0 Å². The maximum absolute atomic E-state index is 12.5. The fraction of sp³-hybridized carbons (Fsp3) is 0.421. The molecule has 1 N–H and O–H groups in total. The first-order valence-electron chi connectivity index (χ1n) is 8.81. The highest BCUT2D eigenvalue weighted by Crippen LogP contribution is 2.26. The Morgan fingerprint density at radius 2 is 1.93 bits per heavy atom. The van der Waals surface area contributed by atoms with Gasteiger partial charge in [-0.15, -0.1) is 11.8 Å². The minimum Gasteiger partial charge on any atom is -0.497 e. The van der Waals surface area contributed by atoms with E-state index in [4.69, 9.17) is 9.84 Å². The molecule has 0 aliphatic carbocycles. The van der Waals surface area contributed by atoms with Gasteiger partial charge in [-0.3, -0.25) is 9.48 Å². The standard InChI is InChI=1S/C19H23N3O4S/c1-13-17(19(24)25)11-20-22(13)14-7-9-21(10-8-14)18(23)12-27-16-5-3-15(26-2)4-6-16/h3-6,11,14H,7-10,12H2,1-2H3,(H,24,25). The number of benzene rings is 1. The molecule has 2 aromatic rings. The number of aromatic nitrogens is 2. The maximum Gasteiger partial charge on any atom is 0.339 e. The Bertz CT molecular complexity index is 811. The summed E-state index contributed by atoms with van der Waals surface area (Å²) in [6.45, 7) is 3.10. The molecule has 8 heteroatoms. The van der Waals surface area contributed by atoms with E-state index in [-0.39, 0.29) is 17.5 Å². The number of rotatable bonds is 6. The number of carboxylic acid groups (broad SMARTS) is 1. The minimum absolute atomic E-state index is 0.123. The van der Waals surface area contributed by atoms with Crippen molar-refractivity contribution in [3.8, 4) is 5.75 Å². The number of hydrogen-bond donors (Lipinski definition) is 1. The Kier molecular flexibility index (Phi) is 6.05. The maximum atomic E-state index is 12.5. The number of amides is 1. The number of thioether (sulfide) groups is 1. The van der Waals surface area contributed by atoms with Crippen LogP contribution in [0.15, 0.2) is 35.4 Å². The number of hydrogen-bond acceptors (Lipinski definition) is 5. The summed E-state index contributed by atoms with van der Waals surface area (Å²) in [5.74, 6) is 0.369. The lowest BCUT2D eigenvalue weighted by Gasteiger charge is -2.32. The van der Waals surface area contributed by atoms with E-state index in [0.29, 0.717) is 24.5 Å². The Balaban J connectivity index is 1.51. The van der Waals surface area contributed by atoms with E-state index in [0.717, 1.165) is 23.5 Å². The Morgan fingerprint density at radius 3 is 2.48 bits per heavy atom. The lowest BCUT2D eigenvalue weighted by molar-refractivity contribution is -0.129. The number of ether oxygens (including phenoxy) is 1. The van der Waals surface area contributed by atoms with Gasteiger partial charge in [-0.05, 0) is 44.0 Å². The van der Waals surface area contributed by atoms with E-state index in [2.05, 4.69) is 5.10 Å². The van der Waals surface area contributed by atoms with Gasteiger partial charge >= 0.3 is 5.97 Å². The van der Waals surface area contributed by atoms with Crippen molar-refractivity contribution in [2.75, 3.05) is 26.0 Å². The number of carboxylic acids is 1. The molecule has 3 rings (SSSR count). The van der Waals surface area contributed by atoms with Gasteiger partial charge in [-0.25, -0.2) is 4.79 Å². The van der Waals surface area contributed by atoms with E-state index < -0.39 is 5.97 Å². The summed E-state index contributed by atoms with van der Waals surface area (Å²) in [7, 11) is 1.63. The van der Waals surface area contributed by atoms with Crippen molar-refractivity contribution in [3.63, 3.8) is 0 Å². The molecule has 1 fully saturated rings. The van der Waals surface area contributed by atoms with E-state index in [1.54, 1.807) is 18.7 Å². The quantitative estimate of drug-likeness (QED) is 0.765. The summed E-state index contributed by atoms with van der Waals surface area (Å²) in [5.41, 5.74) is 0.909. The highest BCUT2D eigenvalue weighted by Gasteiger charge is 2.26. The molecule has 1 aromatic carbocycles. The zero-order valence-corrected chi connectivity index (χ0v) is 16.2. The lowest BCUT2D eigenvalue weighted by Crippen LogP contribution is -2.40. The van der Waals surface area contributed by atoms with Crippen LogP contribution < -0.4 is 4.74 Å². The number of aromatic carboxylic acids is 1. The molecule has 27 heavy (non-hydrogen) atoms. The average molecular weight is 389 g/mol. The van der Waals surface area contributed by atoms with Crippen LogP contribution >= 0.6 is 11.8 Å². The average Bonchev–Trinajstić information content (AvgIpc) is 3.08. The Labute approximate surface area is 162 Å². The van der Waals surface area contributed by atoms with Crippen LogP contribution in [0.1, 0.15) is 34.9 Å². The molecule has 144 valence electrons. The summed E-state index contributed by atoms with van der Waals surface area (Å²) >= 11 is 1.52. The van der Waals surface area contributed by atoms with Crippen LogP contribution in [0, 0.1) is 6.92 Å². The highest BCUT2D eigenvalue weighted by atomic mass is 32.2. The van der Waals surface area contributed by atoms with Crippen LogP contribution in [0.4, 0.5) is 0 Å². The van der Waals surface area contributed by atoms with Crippen molar-refractivity contribution < 1.29 is 19.4 Å². The molecule has 1 aliphatic rings. The predicted molar refractivity (Wildman–Crippen MR) is 102 cm³/mol. The molecule has 1 aliphatic heterocycles. The van der Waals surface area contributed by atoms with Gasteiger partial charge in [0.2, 0.25) is 5.91 Å². The van der Waals surface area contributed by atoms with Gasteiger partial charge in [-0.1, -0.05) is 0 Å².